The summed E-state index contributed by atoms with van der Waals surface area (Å²) >= 11 is 3.45. The Morgan fingerprint density at radius 2 is 2.24 bits per heavy atom. The third kappa shape index (κ3) is 4.77. The monoisotopic (exact) mass is 299 g/mol. The summed E-state index contributed by atoms with van der Waals surface area (Å²) in [7, 11) is 0. The van der Waals surface area contributed by atoms with Gasteiger partial charge in [-0.2, -0.15) is 0 Å². The van der Waals surface area contributed by atoms with Gasteiger partial charge < -0.3 is 10.4 Å². The predicted molar refractivity (Wildman–Crippen MR) is 72.8 cm³/mol. The van der Waals surface area contributed by atoms with E-state index in [0.29, 0.717) is 16.9 Å². The van der Waals surface area contributed by atoms with Crippen molar-refractivity contribution in [2.75, 3.05) is 6.54 Å². The maximum atomic E-state index is 11.7. The minimum atomic E-state index is -0.218. The van der Waals surface area contributed by atoms with Crippen molar-refractivity contribution < 1.29 is 9.90 Å². The second-order valence-corrected chi connectivity index (χ2v) is 5.76. The van der Waals surface area contributed by atoms with Crippen LogP contribution < -0.4 is 5.32 Å². The second kappa shape index (κ2) is 6.64. The van der Waals surface area contributed by atoms with Crippen LogP contribution >= 0.6 is 15.9 Å². The van der Waals surface area contributed by atoms with Gasteiger partial charge in [0.2, 0.25) is 0 Å². The molecule has 0 aliphatic rings. The Morgan fingerprint density at radius 1 is 1.53 bits per heavy atom. The van der Waals surface area contributed by atoms with E-state index in [2.05, 4.69) is 28.2 Å². The molecule has 0 bridgehead atoms. The molecule has 0 spiro atoms. The maximum absolute atomic E-state index is 11.7. The van der Waals surface area contributed by atoms with Crippen molar-refractivity contribution in [1.82, 2.24) is 5.32 Å². The summed E-state index contributed by atoms with van der Waals surface area (Å²) in [5, 5.41) is 12.4. The lowest BCUT2D eigenvalue weighted by atomic mass is 10.1. The fourth-order valence-corrected chi connectivity index (χ4v) is 1.84. The van der Waals surface area contributed by atoms with E-state index in [1.807, 2.05) is 13.0 Å². The first-order valence-corrected chi connectivity index (χ1v) is 6.64. The zero-order chi connectivity index (χ0) is 12.8. The number of aryl methyl sites for hydroxylation is 1. The molecule has 2 N–H and O–H groups in total. The number of carbonyl (C=O) groups is 1. The molecule has 0 fully saturated rings. The fourth-order valence-electron chi connectivity index (χ4n) is 1.51. The molecule has 1 aromatic carbocycles. The SMILES string of the molecule is Cc1ccc(C(=O)NCCCC(C)Br)c(O)c1. The van der Waals surface area contributed by atoms with Gasteiger partial charge >= 0.3 is 0 Å². The average Bonchev–Trinajstić information content (AvgIpc) is 2.23. The zero-order valence-corrected chi connectivity index (χ0v) is 11.8. The van der Waals surface area contributed by atoms with E-state index in [9.17, 15) is 9.90 Å². The molecule has 0 saturated heterocycles. The Labute approximate surface area is 110 Å². The number of phenols is 1. The second-order valence-electron chi connectivity index (χ2n) is 4.20. The zero-order valence-electron chi connectivity index (χ0n) is 10.2. The molecule has 1 aromatic rings. The lowest BCUT2D eigenvalue weighted by Gasteiger charge is -2.08. The fraction of sp³-hybridized carbons (Fsp3) is 0.462. The van der Waals surface area contributed by atoms with Gasteiger partial charge in [-0.15, -0.1) is 0 Å². The summed E-state index contributed by atoms with van der Waals surface area (Å²) < 4.78 is 0. The van der Waals surface area contributed by atoms with E-state index in [-0.39, 0.29) is 11.7 Å². The summed E-state index contributed by atoms with van der Waals surface area (Å²) in [4.78, 5) is 12.2. The van der Waals surface area contributed by atoms with Gasteiger partial charge in [-0.1, -0.05) is 28.9 Å². The van der Waals surface area contributed by atoms with E-state index >= 15 is 0 Å². The lowest BCUT2D eigenvalue weighted by molar-refractivity contribution is 0.0950. The van der Waals surface area contributed by atoms with Gasteiger partial charge in [0.25, 0.3) is 5.91 Å². The van der Waals surface area contributed by atoms with Gasteiger partial charge in [0.15, 0.2) is 0 Å². The number of halogens is 1. The molecular weight excluding hydrogens is 282 g/mol. The van der Waals surface area contributed by atoms with Gasteiger partial charge in [0.05, 0.1) is 5.56 Å². The first kappa shape index (κ1) is 14.0. The molecule has 94 valence electrons. The highest BCUT2D eigenvalue weighted by Gasteiger charge is 2.10. The van der Waals surface area contributed by atoms with E-state index in [4.69, 9.17) is 0 Å². The smallest absolute Gasteiger partial charge is 0.255 e. The van der Waals surface area contributed by atoms with Crippen LogP contribution in [-0.2, 0) is 0 Å². The van der Waals surface area contributed by atoms with Gasteiger partial charge in [0.1, 0.15) is 5.75 Å². The van der Waals surface area contributed by atoms with Gasteiger partial charge in [-0.25, -0.2) is 0 Å². The summed E-state index contributed by atoms with van der Waals surface area (Å²) in [6.45, 7) is 4.58. The molecule has 1 atom stereocenters. The Hall–Kier alpha value is -1.03. The van der Waals surface area contributed by atoms with Gasteiger partial charge in [0, 0.05) is 11.4 Å². The van der Waals surface area contributed by atoms with Crippen molar-refractivity contribution in [2.24, 2.45) is 0 Å². The molecular formula is C13H18BrNO2. The molecule has 1 amide bonds. The molecule has 0 radical (unpaired) electrons. The van der Waals surface area contributed by atoms with E-state index in [0.717, 1.165) is 18.4 Å². The van der Waals surface area contributed by atoms with Crippen LogP contribution in [0.4, 0.5) is 0 Å². The number of amides is 1. The lowest BCUT2D eigenvalue weighted by Crippen LogP contribution is -2.24. The highest BCUT2D eigenvalue weighted by molar-refractivity contribution is 9.09. The van der Waals surface area contributed by atoms with Crippen LogP contribution in [0, 0.1) is 6.92 Å². The average molecular weight is 300 g/mol. The molecule has 0 aliphatic carbocycles. The number of rotatable bonds is 5. The van der Waals surface area contributed by atoms with E-state index in [1.54, 1.807) is 12.1 Å². The molecule has 0 aromatic heterocycles. The molecule has 1 unspecified atom stereocenters. The van der Waals surface area contributed by atoms with Crippen molar-refractivity contribution in [3.63, 3.8) is 0 Å². The number of hydrogen-bond acceptors (Lipinski definition) is 2. The number of benzene rings is 1. The van der Waals surface area contributed by atoms with Crippen molar-refractivity contribution in [1.29, 1.82) is 0 Å². The Kier molecular flexibility index (Phi) is 5.48. The number of nitrogens with one attached hydrogen (secondary N) is 1. The molecule has 0 aliphatic heterocycles. The van der Waals surface area contributed by atoms with Gasteiger partial charge in [-0.05, 0) is 37.5 Å². The molecule has 0 saturated carbocycles. The maximum Gasteiger partial charge on any atom is 0.255 e. The van der Waals surface area contributed by atoms with Crippen molar-refractivity contribution in [2.45, 2.75) is 31.5 Å². The van der Waals surface area contributed by atoms with Crippen LogP contribution in [0.3, 0.4) is 0 Å². The Bertz CT molecular complexity index is 391. The first-order chi connectivity index (χ1) is 8.00. The highest BCUT2D eigenvalue weighted by atomic mass is 79.9. The number of aromatic hydroxyl groups is 1. The number of alkyl halides is 1. The highest BCUT2D eigenvalue weighted by Crippen LogP contribution is 2.18. The van der Waals surface area contributed by atoms with Crippen molar-refractivity contribution in [3.05, 3.63) is 29.3 Å². The summed E-state index contributed by atoms with van der Waals surface area (Å²) in [5.41, 5.74) is 1.27. The predicted octanol–water partition coefficient (Wildman–Crippen LogP) is 2.99. The first-order valence-electron chi connectivity index (χ1n) is 5.72. The van der Waals surface area contributed by atoms with Crippen molar-refractivity contribution >= 4 is 21.8 Å². The van der Waals surface area contributed by atoms with Crippen LogP contribution in [0.5, 0.6) is 5.75 Å². The summed E-state index contributed by atoms with van der Waals surface area (Å²) in [6.07, 6.45) is 1.94. The molecule has 1 rings (SSSR count). The van der Waals surface area contributed by atoms with Crippen LogP contribution in [-0.4, -0.2) is 22.4 Å². The third-order valence-electron chi connectivity index (χ3n) is 2.46. The van der Waals surface area contributed by atoms with E-state index in [1.165, 1.54) is 0 Å². The van der Waals surface area contributed by atoms with Crippen LogP contribution in [0.1, 0.15) is 35.7 Å². The van der Waals surface area contributed by atoms with Crippen molar-refractivity contribution in [3.8, 4) is 5.75 Å². The van der Waals surface area contributed by atoms with Crippen LogP contribution in [0.15, 0.2) is 18.2 Å². The van der Waals surface area contributed by atoms with Crippen LogP contribution in [0.25, 0.3) is 0 Å². The Balaban J connectivity index is 2.47. The molecule has 4 heteroatoms. The largest absolute Gasteiger partial charge is 0.507 e. The third-order valence-corrected chi connectivity index (χ3v) is 2.92. The minimum absolute atomic E-state index is 0.0383. The summed E-state index contributed by atoms with van der Waals surface area (Å²) in [6, 6.07) is 5.05. The minimum Gasteiger partial charge on any atom is -0.507 e. The molecule has 0 heterocycles. The topological polar surface area (TPSA) is 49.3 Å². The molecule has 17 heavy (non-hydrogen) atoms. The molecule has 3 nitrogen and oxygen atoms in total. The number of carbonyl (C=O) groups excluding carboxylic acids is 1. The standard InChI is InChI=1S/C13H18BrNO2/c1-9-5-6-11(12(16)8-9)13(17)15-7-3-4-10(2)14/h5-6,8,10,16H,3-4,7H2,1-2H3,(H,15,17). The number of hydrogen-bond donors (Lipinski definition) is 2. The Morgan fingerprint density at radius 3 is 2.82 bits per heavy atom. The van der Waals surface area contributed by atoms with Gasteiger partial charge in [-0.3, -0.25) is 4.79 Å². The normalized spacial score (nSPS) is 12.2. The quantitative estimate of drug-likeness (QED) is 0.649. The van der Waals surface area contributed by atoms with E-state index < -0.39 is 0 Å². The van der Waals surface area contributed by atoms with Crippen LogP contribution in [0.2, 0.25) is 0 Å². The summed E-state index contributed by atoms with van der Waals surface area (Å²) in [5.74, 6) is -0.180. The number of phenolic OH excluding ortho intramolecular Hbond substituents is 1.